The van der Waals surface area contributed by atoms with Crippen molar-refractivity contribution in [2.24, 2.45) is 0 Å². The molecule has 9 nitrogen and oxygen atoms in total. The average molecular weight is 473 g/mol. The van der Waals surface area contributed by atoms with Crippen LogP contribution in [-0.2, 0) is 11.4 Å². The van der Waals surface area contributed by atoms with Gasteiger partial charge in [-0.3, -0.25) is 9.59 Å². The molecule has 3 aromatic rings. The Morgan fingerprint density at radius 3 is 2.42 bits per heavy atom. The summed E-state index contributed by atoms with van der Waals surface area (Å²) in [5.41, 5.74) is 0.944. The summed E-state index contributed by atoms with van der Waals surface area (Å²) in [7, 11) is 0. The molecule has 0 spiro atoms. The fraction of sp³-hybridized carbons (Fsp3) is 0.304. The van der Waals surface area contributed by atoms with Crippen molar-refractivity contribution >= 4 is 29.1 Å². The summed E-state index contributed by atoms with van der Waals surface area (Å²) >= 11 is 6.26. The number of aromatic nitrogens is 2. The lowest BCUT2D eigenvalue weighted by molar-refractivity contribution is -0.132. The molecular formula is C23H25ClN4O5. The molecule has 0 aliphatic heterocycles. The summed E-state index contributed by atoms with van der Waals surface area (Å²) in [4.78, 5) is 30.4. The lowest BCUT2D eigenvalue weighted by Gasteiger charge is -2.19. The van der Waals surface area contributed by atoms with E-state index in [2.05, 4.69) is 15.5 Å². The first-order valence-electron chi connectivity index (χ1n) is 10.4. The largest absolute Gasteiger partial charge is 0.485 e. The summed E-state index contributed by atoms with van der Waals surface area (Å²) in [5, 5.41) is 6.83. The van der Waals surface area contributed by atoms with E-state index in [-0.39, 0.29) is 25.0 Å². The molecule has 2 amide bonds. The lowest BCUT2D eigenvalue weighted by atomic mass is 10.2. The van der Waals surface area contributed by atoms with E-state index in [1.54, 1.807) is 54.3 Å². The molecule has 0 atom stereocenters. The van der Waals surface area contributed by atoms with E-state index >= 15 is 0 Å². The molecule has 0 radical (unpaired) electrons. The van der Waals surface area contributed by atoms with Crippen LogP contribution in [0, 0.1) is 6.92 Å². The van der Waals surface area contributed by atoms with Crippen molar-refractivity contribution in [2.75, 3.05) is 25.0 Å². The average Bonchev–Trinajstić information content (AvgIpc) is 3.23. The maximum atomic E-state index is 12.6. The molecule has 1 N–H and O–H groups in total. The van der Waals surface area contributed by atoms with Gasteiger partial charge in [-0.1, -0.05) is 16.8 Å². The number of amides is 2. The highest BCUT2D eigenvalue weighted by molar-refractivity contribution is 6.32. The highest BCUT2D eigenvalue weighted by Gasteiger charge is 2.13. The minimum atomic E-state index is -0.309. The first-order valence-corrected chi connectivity index (χ1v) is 10.8. The van der Waals surface area contributed by atoms with E-state index in [1.807, 2.05) is 13.8 Å². The number of hydrogen-bond acceptors (Lipinski definition) is 7. The number of rotatable bonds is 10. The Morgan fingerprint density at radius 2 is 1.82 bits per heavy atom. The Balaban J connectivity index is 1.54. The summed E-state index contributed by atoms with van der Waals surface area (Å²) in [6.07, 6.45) is 0. The number of anilines is 1. The Bertz CT molecular complexity index is 1100. The molecule has 0 saturated carbocycles. The molecule has 10 heteroatoms. The Hall–Kier alpha value is -3.59. The summed E-state index contributed by atoms with van der Waals surface area (Å²) in [5.74, 6) is 1.42. The number of carbonyl (C=O) groups excluding carboxylic acids is 2. The van der Waals surface area contributed by atoms with Crippen LogP contribution >= 0.6 is 11.6 Å². The number of aryl methyl sites for hydroxylation is 1. The van der Waals surface area contributed by atoms with Gasteiger partial charge in [0.1, 0.15) is 11.5 Å². The normalized spacial score (nSPS) is 10.5. The van der Waals surface area contributed by atoms with Gasteiger partial charge < -0.3 is 24.2 Å². The van der Waals surface area contributed by atoms with Crippen molar-refractivity contribution in [1.29, 1.82) is 0 Å². The van der Waals surface area contributed by atoms with Gasteiger partial charge in [-0.25, -0.2) is 0 Å². The van der Waals surface area contributed by atoms with E-state index in [0.717, 1.165) is 0 Å². The van der Waals surface area contributed by atoms with Crippen LogP contribution in [0.2, 0.25) is 5.02 Å². The molecule has 0 fully saturated rings. The second-order valence-corrected chi connectivity index (χ2v) is 7.40. The number of ether oxygens (including phenoxy) is 2. The van der Waals surface area contributed by atoms with Crippen LogP contribution in [0.25, 0.3) is 0 Å². The minimum Gasteiger partial charge on any atom is -0.485 e. The van der Waals surface area contributed by atoms with Gasteiger partial charge in [-0.05, 0) is 56.3 Å². The molecule has 0 aliphatic carbocycles. The molecular weight excluding hydrogens is 448 g/mol. The third kappa shape index (κ3) is 6.69. The molecule has 3 rings (SSSR count). The van der Waals surface area contributed by atoms with Gasteiger partial charge in [0.15, 0.2) is 13.2 Å². The van der Waals surface area contributed by atoms with Crippen LogP contribution in [0.3, 0.4) is 0 Å². The third-order valence-electron chi connectivity index (χ3n) is 4.71. The first-order chi connectivity index (χ1) is 15.9. The third-order valence-corrected chi connectivity index (χ3v) is 5.01. The second kappa shape index (κ2) is 11.3. The van der Waals surface area contributed by atoms with Crippen LogP contribution in [-0.4, -0.2) is 46.6 Å². The monoisotopic (exact) mass is 472 g/mol. The molecule has 2 aromatic carbocycles. The maximum absolute atomic E-state index is 12.6. The maximum Gasteiger partial charge on any atom is 0.260 e. The van der Waals surface area contributed by atoms with Gasteiger partial charge >= 0.3 is 0 Å². The van der Waals surface area contributed by atoms with E-state index in [0.29, 0.717) is 52.6 Å². The highest BCUT2D eigenvalue weighted by atomic mass is 35.5. The standard InChI is InChI=1S/C23H25ClN4O5/c1-4-28(5-2)22(29)14-32-20-11-8-17(12-19(20)24)26-23(30)16-6-9-18(10-7-16)31-13-21-25-15(3)33-27-21/h6-12H,4-5,13-14H2,1-3H3,(H,26,30). The Kier molecular flexibility index (Phi) is 8.26. The zero-order valence-corrected chi connectivity index (χ0v) is 19.4. The number of hydrogen-bond donors (Lipinski definition) is 1. The number of nitrogens with one attached hydrogen (secondary N) is 1. The highest BCUT2D eigenvalue weighted by Crippen LogP contribution is 2.28. The van der Waals surface area contributed by atoms with Gasteiger partial charge in [-0.2, -0.15) is 4.98 Å². The molecule has 0 aliphatic rings. The molecule has 0 bridgehead atoms. The first kappa shape index (κ1) is 24.1. The summed E-state index contributed by atoms with van der Waals surface area (Å²) < 4.78 is 16.0. The molecule has 1 heterocycles. The molecule has 174 valence electrons. The molecule has 1 aromatic heterocycles. The van der Waals surface area contributed by atoms with Crippen molar-refractivity contribution in [2.45, 2.75) is 27.4 Å². The Morgan fingerprint density at radius 1 is 1.09 bits per heavy atom. The van der Waals surface area contributed by atoms with Crippen LogP contribution in [0.1, 0.15) is 35.9 Å². The molecule has 0 unspecified atom stereocenters. The smallest absolute Gasteiger partial charge is 0.260 e. The van der Waals surface area contributed by atoms with E-state index in [9.17, 15) is 9.59 Å². The number of likely N-dealkylation sites (N-methyl/N-ethyl adjacent to an activating group) is 1. The lowest BCUT2D eigenvalue weighted by Crippen LogP contribution is -2.34. The number of nitrogens with zero attached hydrogens (tertiary/aromatic N) is 3. The quantitative estimate of drug-likeness (QED) is 0.473. The number of carbonyl (C=O) groups is 2. The number of halogens is 1. The molecule has 33 heavy (non-hydrogen) atoms. The predicted molar refractivity (Wildman–Crippen MR) is 123 cm³/mol. The SMILES string of the molecule is CCN(CC)C(=O)COc1ccc(NC(=O)c2ccc(OCc3noc(C)n3)cc2)cc1Cl. The minimum absolute atomic E-state index is 0.103. The van der Waals surface area contributed by atoms with Gasteiger partial charge in [-0.15, -0.1) is 0 Å². The topological polar surface area (TPSA) is 107 Å². The van der Waals surface area contributed by atoms with E-state index in [4.69, 9.17) is 25.6 Å². The van der Waals surface area contributed by atoms with Gasteiger partial charge in [0, 0.05) is 31.3 Å². The van der Waals surface area contributed by atoms with Crippen molar-refractivity contribution in [3.8, 4) is 11.5 Å². The number of benzene rings is 2. The second-order valence-electron chi connectivity index (χ2n) is 7.00. The summed E-state index contributed by atoms with van der Waals surface area (Å²) in [6, 6.07) is 11.5. The zero-order chi connectivity index (χ0) is 23.8. The van der Waals surface area contributed by atoms with Crippen LogP contribution in [0.15, 0.2) is 47.0 Å². The van der Waals surface area contributed by atoms with E-state index < -0.39 is 0 Å². The molecule has 0 saturated heterocycles. The van der Waals surface area contributed by atoms with E-state index in [1.165, 1.54) is 0 Å². The van der Waals surface area contributed by atoms with Gasteiger partial charge in [0.05, 0.1) is 5.02 Å². The van der Waals surface area contributed by atoms with Crippen molar-refractivity contribution < 1.29 is 23.6 Å². The van der Waals surface area contributed by atoms with Crippen molar-refractivity contribution in [3.63, 3.8) is 0 Å². The fourth-order valence-electron chi connectivity index (χ4n) is 2.96. The van der Waals surface area contributed by atoms with Crippen LogP contribution in [0.4, 0.5) is 5.69 Å². The van der Waals surface area contributed by atoms with Crippen molar-refractivity contribution in [3.05, 3.63) is 64.8 Å². The van der Waals surface area contributed by atoms with Crippen LogP contribution in [0.5, 0.6) is 11.5 Å². The van der Waals surface area contributed by atoms with Gasteiger partial charge in [0.25, 0.3) is 11.8 Å². The Labute approximate surface area is 196 Å². The summed E-state index contributed by atoms with van der Waals surface area (Å²) in [6.45, 7) is 6.80. The van der Waals surface area contributed by atoms with Crippen molar-refractivity contribution in [1.82, 2.24) is 15.0 Å². The van der Waals surface area contributed by atoms with Crippen LogP contribution < -0.4 is 14.8 Å². The fourth-order valence-corrected chi connectivity index (χ4v) is 3.19. The predicted octanol–water partition coefficient (Wildman–Crippen LogP) is 4.11. The van der Waals surface area contributed by atoms with Gasteiger partial charge in [0.2, 0.25) is 11.7 Å². The zero-order valence-electron chi connectivity index (χ0n) is 18.6.